The molecule has 1 atom stereocenters. The molecular weight excluding hydrogens is 303 g/mol. The molecule has 1 aromatic carbocycles. The van der Waals surface area contributed by atoms with E-state index in [1.54, 1.807) is 6.07 Å². The molecule has 0 saturated heterocycles. The molecule has 3 nitrogen and oxygen atoms in total. The van der Waals surface area contributed by atoms with E-state index >= 15 is 0 Å². The lowest BCUT2D eigenvalue weighted by Crippen LogP contribution is -2.18. The Morgan fingerprint density at radius 3 is 2.68 bits per heavy atom. The Labute approximate surface area is 116 Å². The van der Waals surface area contributed by atoms with Gasteiger partial charge in [-0.25, -0.2) is 0 Å². The molecule has 1 unspecified atom stereocenters. The van der Waals surface area contributed by atoms with Crippen molar-refractivity contribution in [1.82, 2.24) is 0 Å². The Morgan fingerprint density at radius 2 is 2.05 bits per heavy atom. The van der Waals surface area contributed by atoms with Gasteiger partial charge in [0.25, 0.3) is 0 Å². The van der Waals surface area contributed by atoms with Crippen LogP contribution in [0.5, 0.6) is 0 Å². The van der Waals surface area contributed by atoms with Crippen LogP contribution in [0.1, 0.15) is 6.42 Å². The van der Waals surface area contributed by atoms with E-state index in [9.17, 15) is 17.4 Å². The summed E-state index contributed by atoms with van der Waals surface area (Å²) >= 11 is 5.86. The molecular formula is C11H13ClF3NO2S. The zero-order valence-electron chi connectivity index (χ0n) is 9.87. The van der Waals surface area contributed by atoms with Crippen LogP contribution in [0.2, 0.25) is 5.02 Å². The van der Waals surface area contributed by atoms with Gasteiger partial charge in [0.05, 0.1) is 20.7 Å². The second-order valence-electron chi connectivity index (χ2n) is 3.76. The highest BCUT2D eigenvalue weighted by Gasteiger charge is 2.27. The van der Waals surface area contributed by atoms with Crippen molar-refractivity contribution in [3.63, 3.8) is 0 Å². The summed E-state index contributed by atoms with van der Waals surface area (Å²) in [6.07, 6.45) is -4.09. The third kappa shape index (κ3) is 6.26. The van der Waals surface area contributed by atoms with E-state index in [1.165, 1.54) is 12.1 Å². The van der Waals surface area contributed by atoms with Crippen molar-refractivity contribution in [2.75, 3.05) is 24.7 Å². The minimum Gasteiger partial charge on any atom is -0.399 e. The van der Waals surface area contributed by atoms with E-state index in [-0.39, 0.29) is 18.8 Å². The van der Waals surface area contributed by atoms with Gasteiger partial charge in [0.15, 0.2) is 0 Å². The molecule has 8 heteroatoms. The molecule has 0 aromatic heterocycles. The number of anilines is 1. The highest BCUT2D eigenvalue weighted by molar-refractivity contribution is 7.85. The summed E-state index contributed by atoms with van der Waals surface area (Å²) in [4.78, 5) is 0.387. The largest absolute Gasteiger partial charge is 0.411 e. The Balaban J connectivity index is 2.38. The summed E-state index contributed by atoms with van der Waals surface area (Å²) in [6.45, 7) is -1.40. The number of rotatable bonds is 6. The Kier molecular flexibility index (Phi) is 6.09. The van der Waals surface area contributed by atoms with Crippen LogP contribution in [0.4, 0.5) is 18.9 Å². The van der Waals surface area contributed by atoms with Crippen molar-refractivity contribution >= 4 is 28.1 Å². The molecule has 0 aliphatic carbocycles. The number of nitrogen functional groups attached to an aromatic ring is 1. The Morgan fingerprint density at radius 1 is 1.37 bits per heavy atom. The van der Waals surface area contributed by atoms with Crippen molar-refractivity contribution < 1.29 is 22.1 Å². The van der Waals surface area contributed by atoms with E-state index in [4.69, 9.17) is 17.3 Å². The van der Waals surface area contributed by atoms with Crippen LogP contribution in [-0.4, -0.2) is 29.4 Å². The van der Waals surface area contributed by atoms with Gasteiger partial charge in [-0.2, -0.15) is 13.2 Å². The predicted molar refractivity (Wildman–Crippen MR) is 68.6 cm³/mol. The van der Waals surface area contributed by atoms with Gasteiger partial charge in [0.2, 0.25) is 0 Å². The van der Waals surface area contributed by atoms with Crippen molar-refractivity contribution in [2.45, 2.75) is 17.5 Å². The monoisotopic (exact) mass is 315 g/mol. The molecule has 108 valence electrons. The average molecular weight is 316 g/mol. The Hall–Kier alpha value is -0.790. The summed E-state index contributed by atoms with van der Waals surface area (Å²) in [5, 5.41) is 0.323. The lowest BCUT2D eigenvalue weighted by molar-refractivity contribution is -0.173. The van der Waals surface area contributed by atoms with Gasteiger partial charge < -0.3 is 10.5 Å². The summed E-state index contributed by atoms with van der Waals surface area (Å²) in [7, 11) is -1.40. The third-order valence-corrected chi connectivity index (χ3v) is 4.01. The molecule has 19 heavy (non-hydrogen) atoms. The summed E-state index contributed by atoms with van der Waals surface area (Å²) < 4.78 is 51.7. The quantitative estimate of drug-likeness (QED) is 0.648. The highest BCUT2D eigenvalue weighted by Crippen LogP contribution is 2.22. The zero-order chi connectivity index (χ0) is 14.5. The Bertz CT molecular complexity index is 454. The number of hydrogen-bond donors (Lipinski definition) is 1. The zero-order valence-corrected chi connectivity index (χ0v) is 11.4. The van der Waals surface area contributed by atoms with Gasteiger partial charge in [-0.3, -0.25) is 4.21 Å². The molecule has 0 aliphatic rings. The lowest BCUT2D eigenvalue weighted by Gasteiger charge is -2.08. The predicted octanol–water partition coefficient (Wildman–Crippen LogP) is 3.00. The number of halogens is 4. The van der Waals surface area contributed by atoms with E-state index in [1.807, 2.05) is 0 Å². The highest BCUT2D eigenvalue weighted by atomic mass is 35.5. The van der Waals surface area contributed by atoms with Crippen molar-refractivity contribution in [1.29, 1.82) is 0 Å². The van der Waals surface area contributed by atoms with Crippen molar-refractivity contribution in [3.8, 4) is 0 Å². The molecule has 1 rings (SSSR count). The standard InChI is InChI=1S/C11H13ClF3NO2S/c12-9-3-2-8(16)6-10(9)19(17)5-1-4-18-7-11(13,14)15/h2-3,6H,1,4-5,7,16H2. The van der Waals surface area contributed by atoms with Crippen LogP contribution < -0.4 is 5.73 Å². The van der Waals surface area contributed by atoms with E-state index < -0.39 is 23.6 Å². The van der Waals surface area contributed by atoms with Crippen molar-refractivity contribution in [3.05, 3.63) is 23.2 Å². The number of ether oxygens (including phenoxy) is 1. The fourth-order valence-corrected chi connectivity index (χ4v) is 2.81. The first-order chi connectivity index (χ1) is 8.79. The summed E-state index contributed by atoms with van der Waals surface area (Å²) in [5.41, 5.74) is 5.98. The number of alkyl halides is 3. The lowest BCUT2D eigenvalue weighted by atomic mass is 10.3. The first-order valence-corrected chi connectivity index (χ1v) is 7.07. The van der Waals surface area contributed by atoms with Crippen LogP contribution in [0.15, 0.2) is 23.1 Å². The van der Waals surface area contributed by atoms with E-state index in [0.29, 0.717) is 15.6 Å². The minimum absolute atomic E-state index is 0.106. The van der Waals surface area contributed by atoms with Gasteiger partial charge in [0, 0.05) is 18.0 Å². The second-order valence-corrected chi connectivity index (χ2v) is 5.71. The molecule has 0 aliphatic heterocycles. The second kappa shape index (κ2) is 7.12. The molecule has 0 saturated carbocycles. The fraction of sp³-hybridized carbons (Fsp3) is 0.455. The third-order valence-electron chi connectivity index (χ3n) is 2.08. The van der Waals surface area contributed by atoms with Crippen LogP contribution >= 0.6 is 11.6 Å². The number of benzene rings is 1. The molecule has 1 aromatic rings. The molecule has 2 N–H and O–H groups in total. The van der Waals surface area contributed by atoms with E-state index in [2.05, 4.69) is 4.74 Å². The summed E-state index contributed by atoms with van der Waals surface area (Å²) in [6, 6.07) is 4.61. The molecule has 0 heterocycles. The molecule has 0 radical (unpaired) electrons. The molecule has 0 spiro atoms. The van der Waals surface area contributed by atoms with Gasteiger partial charge >= 0.3 is 6.18 Å². The first kappa shape index (κ1) is 16.3. The average Bonchev–Trinajstić information content (AvgIpc) is 2.30. The van der Waals surface area contributed by atoms with Crippen LogP contribution in [-0.2, 0) is 15.5 Å². The number of nitrogens with two attached hydrogens (primary N) is 1. The molecule has 0 amide bonds. The topological polar surface area (TPSA) is 52.3 Å². The van der Waals surface area contributed by atoms with Crippen LogP contribution in [0.3, 0.4) is 0 Å². The van der Waals surface area contributed by atoms with Crippen LogP contribution in [0, 0.1) is 0 Å². The maximum absolute atomic E-state index is 11.9. The van der Waals surface area contributed by atoms with Crippen molar-refractivity contribution in [2.24, 2.45) is 0 Å². The van der Waals surface area contributed by atoms with Gasteiger partial charge in [-0.1, -0.05) is 11.6 Å². The van der Waals surface area contributed by atoms with Gasteiger partial charge in [-0.05, 0) is 24.6 Å². The fourth-order valence-electron chi connectivity index (χ4n) is 1.28. The van der Waals surface area contributed by atoms with E-state index in [0.717, 1.165) is 0 Å². The van der Waals surface area contributed by atoms with Gasteiger partial charge in [0.1, 0.15) is 6.61 Å². The minimum atomic E-state index is -4.34. The van der Waals surface area contributed by atoms with Gasteiger partial charge in [-0.15, -0.1) is 0 Å². The first-order valence-electron chi connectivity index (χ1n) is 5.37. The summed E-state index contributed by atoms with van der Waals surface area (Å²) in [5.74, 6) is 0.168. The smallest absolute Gasteiger partial charge is 0.399 e. The normalized spacial score (nSPS) is 13.5. The maximum atomic E-state index is 11.9. The maximum Gasteiger partial charge on any atom is 0.411 e. The van der Waals surface area contributed by atoms with Crippen LogP contribution in [0.25, 0.3) is 0 Å². The number of hydrogen-bond acceptors (Lipinski definition) is 3. The molecule has 0 bridgehead atoms. The SMILES string of the molecule is Nc1ccc(Cl)c(S(=O)CCCOCC(F)(F)F)c1. The molecule has 0 fully saturated rings.